The molecule has 0 aliphatic carbocycles. The largest absolute Gasteiger partial charge is 0.416 e. The smallest absolute Gasteiger partial charge is 0.341 e. The van der Waals surface area contributed by atoms with Gasteiger partial charge in [0.1, 0.15) is 0 Å². The zero-order valence-corrected chi connectivity index (χ0v) is 13.2. The number of hydrogen-bond acceptors (Lipinski definition) is 2. The first-order valence-electron chi connectivity index (χ1n) is 7.28. The van der Waals surface area contributed by atoms with Crippen molar-refractivity contribution in [1.29, 1.82) is 0 Å². The zero-order valence-electron chi connectivity index (χ0n) is 13.2. The number of nitrogens with zero attached hydrogens (tertiary/aromatic N) is 3. The van der Waals surface area contributed by atoms with E-state index in [0.29, 0.717) is 24.3 Å². The lowest BCUT2D eigenvalue weighted by molar-refractivity contribution is -0.137. The molecular formula is C16H18F3N3O. The molecule has 0 aliphatic rings. The molecule has 1 heterocycles. The van der Waals surface area contributed by atoms with Crippen LogP contribution in [0.3, 0.4) is 0 Å². The van der Waals surface area contributed by atoms with Crippen LogP contribution in [-0.4, -0.2) is 34.2 Å². The molecule has 1 amide bonds. The Morgan fingerprint density at radius 1 is 1.26 bits per heavy atom. The molecule has 23 heavy (non-hydrogen) atoms. The van der Waals surface area contributed by atoms with E-state index in [-0.39, 0.29) is 11.6 Å². The minimum atomic E-state index is -4.41. The normalized spacial score (nSPS) is 11.6. The Bertz CT molecular complexity index is 707. The first-order valence-corrected chi connectivity index (χ1v) is 7.28. The van der Waals surface area contributed by atoms with Gasteiger partial charge in [-0.2, -0.15) is 18.3 Å². The molecule has 0 N–H and O–H groups in total. The highest BCUT2D eigenvalue weighted by atomic mass is 19.4. The summed E-state index contributed by atoms with van der Waals surface area (Å²) >= 11 is 0. The lowest BCUT2D eigenvalue weighted by Gasteiger charge is -2.11. The molecule has 0 atom stereocenters. The van der Waals surface area contributed by atoms with E-state index < -0.39 is 11.7 Å². The summed E-state index contributed by atoms with van der Waals surface area (Å²) < 4.78 is 40.1. The number of carbonyl (C=O) groups excluding carboxylic acids is 1. The first kappa shape index (κ1) is 17.1. The van der Waals surface area contributed by atoms with Gasteiger partial charge in [0.25, 0.3) is 5.91 Å². The summed E-state index contributed by atoms with van der Waals surface area (Å²) in [4.78, 5) is 13.7. The summed E-state index contributed by atoms with van der Waals surface area (Å²) in [6, 6.07) is 6.56. The summed E-state index contributed by atoms with van der Waals surface area (Å²) in [6.07, 6.45) is -4.41. The monoisotopic (exact) mass is 325 g/mol. The molecule has 1 aromatic heterocycles. The molecule has 0 unspecified atom stereocenters. The molecule has 0 aliphatic heterocycles. The van der Waals surface area contributed by atoms with Gasteiger partial charge in [0, 0.05) is 25.7 Å². The summed E-state index contributed by atoms with van der Waals surface area (Å²) in [6.45, 7) is 4.63. The van der Waals surface area contributed by atoms with Gasteiger partial charge >= 0.3 is 6.18 Å². The van der Waals surface area contributed by atoms with Crippen molar-refractivity contribution in [1.82, 2.24) is 14.7 Å². The fourth-order valence-electron chi connectivity index (χ4n) is 2.19. The number of rotatable bonds is 4. The molecule has 124 valence electrons. The molecule has 0 fully saturated rings. The van der Waals surface area contributed by atoms with E-state index in [1.807, 2.05) is 13.8 Å². The van der Waals surface area contributed by atoms with Gasteiger partial charge in [-0.15, -0.1) is 0 Å². The van der Waals surface area contributed by atoms with E-state index in [9.17, 15) is 18.0 Å². The molecule has 0 radical (unpaired) electrons. The summed E-state index contributed by atoms with van der Waals surface area (Å²) in [5.41, 5.74) is 0.375. The molecule has 4 nitrogen and oxygen atoms in total. The van der Waals surface area contributed by atoms with Gasteiger partial charge < -0.3 is 4.90 Å². The third-order valence-electron chi connectivity index (χ3n) is 3.61. The van der Waals surface area contributed by atoms with E-state index in [4.69, 9.17) is 0 Å². The third-order valence-corrected chi connectivity index (χ3v) is 3.61. The Morgan fingerprint density at radius 3 is 2.52 bits per heavy atom. The predicted molar refractivity (Wildman–Crippen MR) is 81.0 cm³/mol. The Morgan fingerprint density at radius 2 is 1.96 bits per heavy atom. The van der Waals surface area contributed by atoms with Crippen LogP contribution in [-0.2, 0) is 12.7 Å². The number of amides is 1. The molecule has 0 saturated carbocycles. The number of aryl methyl sites for hydroxylation is 1. The number of hydrogen-bond donors (Lipinski definition) is 0. The highest BCUT2D eigenvalue weighted by molar-refractivity contribution is 5.93. The Balaban J connectivity index is 2.48. The summed E-state index contributed by atoms with van der Waals surface area (Å²) in [5, 5.41) is 4.21. The minimum absolute atomic E-state index is 0.226. The number of carbonyl (C=O) groups is 1. The van der Waals surface area contributed by atoms with Crippen LogP contribution in [0.4, 0.5) is 13.2 Å². The Kier molecular flexibility index (Phi) is 4.77. The van der Waals surface area contributed by atoms with E-state index in [1.54, 1.807) is 13.1 Å². The van der Waals surface area contributed by atoms with E-state index in [2.05, 4.69) is 5.10 Å². The Hall–Kier alpha value is -2.31. The van der Waals surface area contributed by atoms with Crippen LogP contribution in [0.1, 0.15) is 29.9 Å². The van der Waals surface area contributed by atoms with Crippen LogP contribution in [0.25, 0.3) is 11.3 Å². The van der Waals surface area contributed by atoms with Gasteiger partial charge in [-0.25, -0.2) is 0 Å². The van der Waals surface area contributed by atoms with Gasteiger partial charge in [0.05, 0.1) is 11.3 Å². The molecule has 0 spiro atoms. The van der Waals surface area contributed by atoms with Crippen molar-refractivity contribution in [3.05, 3.63) is 41.6 Å². The van der Waals surface area contributed by atoms with Gasteiger partial charge in [-0.1, -0.05) is 12.1 Å². The van der Waals surface area contributed by atoms with Gasteiger partial charge in [-0.3, -0.25) is 9.48 Å². The zero-order chi connectivity index (χ0) is 17.2. The number of aromatic nitrogens is 2. The van der Waals surface area contributed by atoms with Crippen molar-refractivity contribution in [2.45, 2.75) is 26.6 Å². The summed E-state index contributed by atoms with van der Waals surface area (Å²) in [5.74, 6) is -0.257. The lowest BCUT2D eigenvalue weighted by Crippen LogP contribution is -2.26. The highest BCUT2D eigenvalue weighted by Crippen LogP contribution is 2.32. The quantitative estimate of drug-likeness (QED) is 0.860. The molecule has 1 aromatic carbocycles. The van der Waals surface area contributed by atoms with Crippen LogP contribution in [0.15, 0.2) is 30.3 Å². The van der Waals surface area contributed by atoms with Crippen LogP contribution >= 0.6 is 0 Å². The molecule has 0 bridgehead atoms. The van der Waals surface area contributed by atoms with Gasteiger partial charge in [0.2, 0.25) is 0 Å². The lowest BCUT2D eigenvalue weighted by atomic mass is 10.1. The molecular weight excluding hydrogens is 307 g/mol. The van der Waals surface area contributed by atoms with Crippen molar-refractivity contribution < 1.29 is 18.0 Å². The molecule has 0 saturated heterocycles. The second kappa shape index (κ2) is 6.44. The highest BCUT2D eigenvalue weighted by Gasteiger charge is 2.30. The average Bonchev–Trinajstić information content (AvgIpc) is 2.97. The van der Waals surface area contributed by atoms with Crippen LogP contribution in [0.2, 0.25) is 0 Å². The number of benzene rings is 1. The number of halogens is 3. The van der Waals surface area contributed by atoms with Crippen molar-refractivity contribution in [2.75, 3.05) is 13.6 Å². The third kappa shape index (κ3) is 3.55. The fraction of sp³-hybridized carbons (Fsp3) is 0.375. The number of alkyl halides is 3. The maximum Gasteiger partial charge on any atom is 0.416 e. The van der Waals surface area contributed by atoms with Crippen LogP contribution in [0, 0.1) is 0 Å². The standard InChI is InChI=1S/C16H18F3N3O/c1-4-21(3)15(23)13-10-14(22(5-2)20-13)11-7-6-8-12(9-11)16(17,18)19/h6-10H,4-5H2,1-3H3. The maximum absolute atomic E-state index is 12.9. The van der Waals surface area contributed by atoms with Crippen molar-refractivity contribution in [3.63, 3.8) is 0 Å². The fourth-order valence-corrected chi connectivity index (χ4v) is 2.19. The van der Waals surface area contributed by atoms with Crippen molar-refractivity contribution in [3.8, 4) is 11.3 Å². The second-order valence-electron chi connectivity index (χ2n) is 5.13. The van der Waals surface area contributed by atoms with E-state index in [0.717, 1.165) is 12.1 Å². The SMILES string of the molecule is CCN(C)C(=O)c1cc(-c2cccc(C(F)(F)F)c2)n(CC)n1. The van der Waals surface area contributed by atoms with Crippen molar-refractivity contribution >= 4 is 5.91 Å². The summed E-state index contributed by atoms with van der Waals surface area (Å²) in [7, 11) is 1.65. The van der Waals surface area contributed by atoms with Crippen molar-refractivity contribution in [2.24, 2.45) is 0 Å². The van der Waals surface area contributed by atoms with Gasteiger partial charge in [-0.05, 0) is 32.0 Å². The molecule has 2 aromatic rings. The second-order valence-corrected chi connectivity index (χ2v) is 5.13. The molecule has 2 rings (SSSR count). The van der Waals surface area contributed by atoms with Crippen LogP contribution < -0.4 is 0 Å². The molecule has 7 heteroatoms. The van der Waals surface area contributed by atoms with Gasteiger partial charge in [0.15, 0.2) is 5.69 Å². The minimum Gasteiger partial charge on any atom is -0.341 e. The van der Waals surface area contributed by atoms with E-state index >= 15 is 0 Å². The average molecular weight is 325 g/mol. The topological polar surface area (TPSA) is 38.1 Å². The van der Waals surface area contributed by atoms with E-state index in [1.165, 1.54) is 21.7 Å². The first-order chi connectivity index (χ1) is 10.8. The Labute approximate surface area is 132 Å². The predicted octanol–water partition coefficient (Wildman–Crippen LogP) is 3.68. The van der Waals surface area contributed by atoms with Crippen LogP contribution in [0.5, 0.6) is 0 Å². The maximum atomic E-state index is 12.9.